The summed E-state index contributed by atoms with van der Waals surface area (Å²) in [6.07, 6.45) is 0. The van der Waals surface area contributed by atoms with E-state index in [9.17, 15) is 4.39 Å². The molecule has 0 amide bonds. The van der Waals surface area contributed by atoms with Crippen molar-refractivity contribution in [3.63, 3.8) is 0 Å². The second kappa shape index (κ2) is 7.17. The minimum absolute atomic E-state index is 0.252. The molecule has 2 aromatic rings. The Morgan fingerprint density at radius 3 is 2.70 bits per heavy atom. The average Bonchev–Trinajstić information content (AvgIpc) is 2.44. The number of aromatic nitrogens is 2. The largest absolute Gasteiger partial charge is 0.374 e. The molecule has 106 valence electrons. The maximum absolute atomic E-state index is 12.8. The monoisotopic (exact) mass is 295 g/mol. The standard InChI is InChI=1S/C14H15ClFN3O/c1-2-20-9-14-18-12(15)7-13(19-14)17-8-10-3-5-11(16)6-4-10/h3-7H,2,8-9H2,1H3,(H,17,18,19). The van der Waals surface area contributed by atoms with Gasteiger partial charge >= 0.3 is 0 Å². The Bertz CT molecular complexity index is 563. The van der Waals surface area contributed by atoms with Gasteiger partial charge in [0.15, 0.2) is 5.82 Å². The van der Waals surface area contributed by atoms with Gasteiger partial charge in [0.05, 0.1) is 0 Å². The third kappa shape index (κ3) is 4.43. The third-order valence-corrected chi connectivity index (χ3v) is 2.76. The number of anilines is 1. The highest BCUT2D eigenvalue weighted by Gasteiger charge is 2.03. The van der Waals surface area contributed by atoms with E-state index in [0.29, 0.717) is 36.6 Å². The molecular weight excluding hydrogens is 281 g/mol. The minimum atomic E-state index is -0.252. The molecule has 0 aliphatic carbocycles. The molecule has 0 aliphatic rings. The fourth-order valence-corrected chi connectivity index (χ4v) is 1.81. The molecule has 0 saturated carbocycles. The number of hydrogen-bond acceptors (Lipinski definition) is 4. The van der Waals surface area contributed by atoms with Crippen molar-refractivity contribution in [3.05, 3.63) is 52.7 Å². The Kier molecular flexibility index (Phi) is 5.26. The summed E-state index contributed by atoms with van der Waals surface area (Å²) in [5.74, 6) is 0.891. The SMILES string of the molecule is CCOCc1nc(Cl)cc(NCc2ccc(F)cc2)n1. The van der Waals surface area contributed by atoms with Gasteiger partial charge in [-0.1, -0.05) is 23.7 Å². The van der Waals surface area contributed by atoms with Crippen LogP contribution in [0, 0.1) is 5.82 Å². The van der Waals surface area contributed by atoms with Crippen LogP contribution in [0.2, 0.25) is 5.15 Å². The van der Waals surface area contributed by atoms with Crippen LogP contribution in [0.4, 0.5) is 10.2 Å². The van der Waals surface area contributed by atoms with Gasteiger partial charge in [0, 0.05) is 19.2 Å². The number of nitrogens with one attached hydrogen (secondary N) is 1. The first-order valence-corrected chi connectivity index (χ1v) is 6.64. The van der Waals surface area contributed by atoms with Gasteiger partial charge in [-0.15, -0.1) is 0 Å². The molecule has 0 aliphatic heterocycles. The number of nitrogens with zero attached hydrogens (tertiary/aromatic N) is 2. The highest BCUT2D eigenvalue weighted by atomic mass is 35.5. The van der Waals surface area contributed by atoms with Crippen molar-refractivity contribution in [2.24, 2.45) is 0 Å². The van der Waals surface area contributed by atoms with Crippen LogP contribution in [0.15, 0.2) is 30.3 Å². The predicted molar refractivity (Wildman–Crippen MR) is 76.1 cm³/mol. The summed E-state index contributed by atoms with van der Waals surface area (Å²) < 4.78 is 18.1. The lowest BCUT2D eigenvalue weighted by atomic mass is 10.2. The van der Waals surface area contributed by atoms with Crippen molar-refractivity contribution in [1.29, 1.82) is 0 Å². The van der Waals surface area contributed by atoms with Crippen molar-refractivity contribution in [2.75, 3.05) is 11.9 Å². The van der Waals surface area contributed by atoms with Gasteiger partial charge in [-0.3, -0.25) is 0 Å². The Balaban J connectivity index is 2.01. The van der Waals surface area contributed by atoms with E-state index in [4.69, 9.17) is 16.3 Å². The molecule has 20 heavy (non-hydrogen) atoms. The van der Waals surface area contributed by atoms with E-state index >= 15 is 0 Å². The zero-order chi connectivity index (χ0) is 14.4. The number of ether oxygens (including phenoxy) is 1. The van der Waals surface area contributed by atoms with Crippen LogP contribution >= 0.6 is 11.6 Å². The van der Waals surface area contributed by atoms with E-state index in [2.05, 4.69) is 15.3 Å². The molecule has 1 aromatic heterocycles. The third-order valence-electron chi connectivity index (χ3n) is 2.56. The molecule has 2 rings (SSSR count). The fraction of sp³-hybridized carbons (Fsp3) is 0.286. The van der Waals surface area contributed by atoms with Gasteiger partial charge in [-0.2, -0.15) is 0 Å². The van der Waals surface area contributed by atoms with E-state index in [1.807, 2.05) is 6.92 Å². The Morgan fingerprint density at radius 1 is 1.25 bits per heavy atom. The highest BCUT2D eigenvalue weighted by Crippen LogP contribution is 2.13. The molecule has 0 spiro atoms. The summed E-state index contributed by atoms with van der Waals surface area (Å²) in [7, 11) is 0. The quantitative estimate of drug-likeness (QED) is 0.830. The van der Waals surface area contributed by atoms with E-state index in [-0.39, 0.29) is 5.82 Å². The van der Waals surface area contributed by atoms with Gasteiger partial charge in [0.25, 0.3) is 0 Å². The summed E-state index contributed by atoms with van der Waals surface area (Å²) in [6.45, 7) is 3.34. The molecule has 1 N–H and O–H groups in total. The van der Waals surface area contributed by atoms with Gasteiger partial charge in [0.1, 0.15) is 23.4 Å². The average molecular weight is 296 g/mol. The minimum Gasteiger partial charge on any atom is -0.374 e. The van der Waals surface area contributed by atoms with Crippen LogP contribution in [0.1, 0.15) is 18.3 Å². The fourth-order valence-electron chi connectivity index (χ4n) is 1.61. The highest BCUT2D eigenvalue weighted by molar-refractivity contribution is 6.29. The van der Waals surface area contributed by atoms with Crippen LogP contribution in [0.25, 0.3) is 0 Å². The zero-order valence-electron chi connectivity index (χ0n) is 11.1. The molecule has 1 heterocycles. The maximum atomic E-state index is 12.8. The van der Waals surface area contributed by atoms with Crippen LogP contribution < -0.4 is 5.32 Å². The molecule has 0 atom stereocenters. The molecule has 0 fully saturated rings. The van der Waals surface area contributed by atoms with Crippen molar-refractivity contribution in [3.8, 4) is 0 Å². The van der Waals surface area contributed by atoms with Crippen molar-refractivity contribution < 1.29 is 9.13 Å². The first-order chi connectivity index (χ1) is 9.67. The van der Waals surface area contributed by atoms with E-state index in [1.54, 1.807) is 18.2 Å². The Hall–Kier alpha value is -1.72. The lowest BCUT2D eigenvalue weighted by molar-refractivity contribution is 0.128. The summed E-state index contributed by atoms with van der Waals surface area (Å²) in [5, 5.41) is 3.48. The molecule has 4 nitrogen and oxygen atoms in total. The summed E-state index contributed by atoms with van der Waals surface area (Å²) in [6, 6.07) is 7.91. The molecular formula is C14H15ClFN3O. The van der Waals surface area contributed by atoms with Gasteiger partial charge in [0.2, 0.25) is 0 Å². The van der Waals surface area contributed by atoms with Crippen molar-refractivity contribution in [2.45, 2.75) is 20.1 Å². The number of benzene rings is 1. The Morgan fingerprint density at radius 2 is 2.00 bits per heavy atom. The normalized spacial score (nSPS) is 10.6. The molecule has 6 heteroatoms. The molecule has 1 aromatic carbocycles. The summed E-state index contributed by atoms with van der Waals surface area (Å²) in [4.78, 5) is 8.38. The molecule has 0 saturated heterocycles. The first-order valence-electron chi connectivity index (χ1n) is 6.27. The van der Waals surface area contributed by atoms with Crippen LogP contribution in [0.5, 0.6) is 0 Å². The van der Waals surface area contributed by atoms with E-state index in [1.165, 1.54) is 12.1 Å². The van der Waals surface area contributed by atoms with Gasteiger partial charge < -0.3 is 10.1 Å². The van der Waals surface area contributed by atoms with E-state index in [0.717, 1.165) is 5.56 Å². The lowest BCUT2D eigenvalue weighted by Crippen LogP contribution is -2.06. The smallest absolute Gasteiger partial charge is 0.158 e. The number of hydrogen-bond donors (Lipinski definition) is 1. The van der Waals surface area contributed by atoms with Gasteiger partial charge in [-0.25, -0.2) is 14.4 Å². The summed E-state index contributed by atoms with van der Waals surface area (Å²) in [5.41, 5.74) is 0.951. The topological polar surface area (TPSA) is 47.0 Å². The molecule has 0 bridgehead atoms. The van der Waals surface area contributed by atoms with Crippen LogP contribution in [0.3, 0.4) is 0 Å². The molecule has 0 radical (unpaired) electrons. The van der Waals surface area contributed by atoms with Crippen molar-refractivity contribution >= 4 is 17.4 Å². The lowest BCUT2D eigenvalue weighted by Gasteiger charge is -2.08. The second-order valence-electron chi connectivity index (χ2n) is 4.11. The zero-order valence-corrected chi connectivity index (χ0v) is 11.8. The number of halogens is 2. The first kappa shape index (κ1) is 14.7. The molecule has 0 unspecified atom stereocenters. The van der Waals surface area contributed by atoms with Crippen molar-refractivity contribution in [1.82, 2.24) is 9.97 Å². The summed E-state index contributed by atoms with van der Waals surface area (Å²) >= 11 is 5.94. The predicted octanol–water partition coefficient (Wildman–Crippen LogP) is 3.42. The van der Waals surface area contributed by atoms with Crippen LogP contribution in [-0.4, -0.2) is 16.6 Å². The maximum Gasteiger partial charge on any atom is 0.158 e. The van der Waals surface area contributed by atoms with E-state index < -0.39 is 0 Å². The Labute approximate surface area is 122 Å². The second-order valence-corrected chi connectivity index (χ2v) is 4.50. The van der Waals surface area contributed by atoms with Gasteiger partial charge in [-0.05, 0) is 24.6 Å². The van der Waals surface area contributed by atoms with Crippen LogP contribution in [-0.2, 0) is 17.9 Å². The number of rotatable bonds is 6.